The molecule has 0 bridgehead atoms. The Kier molecular flexibility index (Phi) is 9.04. The van der Waals surface area contributed by atoms with Crippen LogP contribution in [0.15, 0.2) is 0 Å². The van der Waals surface area contributed by atoms with Crippen molar-refractivity contribution < 1.29 is 13.2 Å². The predicted molar refractivity (Wildman–Crippen MR) is 62.9 cm³/mol. The molecule has 0 spiro atoms. The van der Waals surface area contributed by atoms with E-state index in [1.807, 2.05) is 0 Å². The van der Waals surface area contributed by atoms with E-state index in [1.165, 1.54) is 0 Å². The van der Waals surface area contributed by atoms with E-state index in [-0.39, 0.29) is 11.5 Å². The molecule has 0 radical (unpaired) electrons. The third-order valence-corrected chi connectivity index (χ3v) is 3.82. The van der Waals surface area contributed by atoms with Crippen LogP contribution in [0.4, 0.5) is 0 Å². The van der Waals surface area contributed by atoms with Gasteiger partial charge in [-0.1, -0.05) is 13.8 Å². The van der Waals surface area contributed by atoms with Crippen LogP contribution < -0.4 is 5.32 Å². The Hall–Kier alpha value is -0.130. The molecular weight excluding hydrogens is 214 g/mol. The lowest BCUT2D eigenvalue weighted by atomic mass is 10.5. The Bertz CT molecular complexity index is 227. The molecule has 0 atom stereocenters. The molecule has 5 heteroatoms. The third kappa shape index (κ3) is 10.2. The van der Waals surface area contributed by atoms with Crippen LogP contribution in [0, 0.1) is 0 Å². The van der Waals surface area contributed by atoms with Crippen molar-refractivity contribution in [2.24, 2.45) is 0 Å². The number of hydrogen-bond donors (Lipinski definition) is 1. The van der Waals surface area contributed by atoms with Crippen molar-refractivity contribution in [3.05, 3.63) is 0 Å². The highest BCUT2D eigenvalue weighted by Crippen LogP contribution is 1.93. The molecular formula is C10H23NO3S. The molecule has 1 N–H and O–H groups in total. The lowest BCUT2D eigenvalue weighted by Crippen LogP contribution is -2.21. The summed E-state index contributed by atoms with van der Waals surface area (Å²) in [7, 11) is -2.82. The summed E-state index contributed by atoms with van der Waals surface area (Å²) in [5.41, 5.74) is 0. The van der Waals surface area contributed by atoms with Crippen molar-refractivity contribution in [3.8, 4) is 0 Å². The van der Waals surface area contributed by atoms with Crippen LogP contribution in [-0.4, -0.2) is 46.2 Å². The van der Waals surface area contributed by atoms with Gasteiger partial charge in [0.15, 0.2) is 0 Å². The molecule has 92 valence electrons. The fourth-order valence-corrected chi connectivity index (χ4v) is 1.92. The molecule has 0 saturated heterocycles. The van der Waals surface area contributed by atoms with E-state index < -0.39 is 9.84 Å². The van der Waals surface area contributed by atoms with E-state index in [1.54, 1.807) is 6.92 Å². The number of nitrogens with one attached hydrogen (secondary N) is 1. The number of sulfone groups is 1. The zero-order valence-electron chi connectivity index (χ0n) is 9.79. The molecule has 15 heavy (non-hydrogen) atoms. The largest absolute Gasteiger partial charge is 0.380 e. The van der Waals surface area contributed by atoms with E-state index >= 15 is 0 Å². The Morgan fingerprint density at radius 1 is 1.13 bits per heavy atom. The Morgan fingerprint density at radius 3 is 2.47 bits per heavy atom. The molecule has 0 unspecified atom stereocenters. The minimum Gasteiger partial charge on any atom is -0.380 e. The average molecular weight is 237 g/mol. The van der Waals surface area contributed by atoms with E-state index in [9.17, 15) is 8.42 Å². The second-order valence-electron chi connectivity index (χ2n) is 3.45. The maximum absolute atomic E-state index is 11.1. The molecule has 4 nitrogen and oxygen atoms in total. The van der Waals surface area contributed by atoms with Crippen LogP contribution in [0.1, 0.15) is 26.7 Å². The van der Waals surface area contributed by atoms with Crippen LogP contribution >= 0.6 is 0 Å². The van der Waals surface area contributed by atoms with Gasteiger partial charge in [-0.05, 0) is 19.4 Å². The number of hydrogen-bond acceptors (Lipinski definition) is 4. The highest BCUT2D eigenvalue weighted by atomic mass is 32.2. The molecule has 0 heterocycles. The van der Waals surface area contributed by atoms with Gasteiger partial charge >= 0.3 is 0 Å². The highest BCUT2D eigenvalue weighted by Gasteiger charge is 2.05. The molecule has 0 aliphatic heterocycles. The van der Waals surface area contributed by atoms with Gasteiger partial charge in [0.25, 0.3) is 0 Å². The molecule has 0 saturated carbocycles. The number of ether oxygens (including phenoxy) is 1. The van der Waals surface area contributed by atoms with Gasteiger partial charge in [-0.25, -0.2) is 8.42 Å². The van der Waals surface area contributed by atoms with Crippen molar-refractivity contribution in [2.45, 2.75) is 26.7 Å². The van der Waals surface area contributed by atoms with Gasteiger partial charge in [-0.2, -0.15) is 0 Å². The molecule has 0 aromatic heterocycles. The topological polar surface area (TPSA) is 55.4 Å². The van der Waals surface area contributed by atoms with Gasteiger partial charge in [0.2, 0.25) is 0 Å². The van der Waals surface area contributed by atoms with Crippen molar-refractivity contribution in [2.75, 3.05) is 37.8 Å². The fraction of sp³-hybridized carbons (Fsp3) is 1.00. The fourth-order valence-electron chi connectivity index (χ4n) is 1.07. The molecule has 0 aromatic carbocycles. The first-order valence-corrected chi connectivity index (χ1v) is 7.43. The number of rotatable bonds is 10. The van der Waals surface area contributed by atoms with Gasteiger partial charge in [0, 0.05) is 18.9 Å². The van der Waals surface area contributed by atoms with Crippen LogP contribution in [0.25, 0.3) is 0 Å². The minimum absolute atomic E-state index is 0.227. The standard InChI is InChI=1S/C10H23NO3S/c1-3-6-11-7-9-14-8-5-10-15(12,13)4-2/h11H,3-10H2,1-2H3. The van der Waals surface area contributed by atoms with Crippen LogP contribution in [0.2, 0.25) is 0 Å². The van der Waals surface area contributed by atoms with Crippen LogP contribution in [0.5, 0.6) is 0 Å². The smallest absolute Gasteiger partial charge is 0.150 e. The summed E-state index contributed by atoms with van der Waals surface area (Å²) in [5, 5.41) is 3.21. The zero-order chi connectivity index (χ0) is 11.6. The highest BCUT2D eigenvalue weighted by molar-refractivity contribution is 7.91. The minimum atomic E-state index is -2.82. The summed E-state index contributed by atoms with van der Waals surface area (Å²) >= 11 is 0. The van der Waals surface area contributed by atoms with Gasteiger partial charge in [0.1, 0.15) is 9.84 Å². The second-order valence-corrected chi connectivity index (χ2v) is 5.93. The normalized spacial score (nSPS) is 11.9. The van der Waals surface area contributed by atoms with Crippen molar-refractivity contribution >= 4 is 9.84 Å². The quantitative estimate of drug-likeness (QED) is 0.572. The lowest BCUT2D eigenvalue weighted by molar-refractivity contribution is 0.137. The van der Waals surface area contributed by atoms with Gasteiger partial charge in [-0.15, -0.1) is 0 Å². The summed E-state index contributed by atoms with van der Waals surface area (Å²) in [6, 6.07) is 0. The molecule has 0 aliphatic carbocycles. The van der Waals surface area contributed by atoms with E-state index in [2.05, 4.69) is 12.2 Å². The maximum atomic E-state index is 11.1. The zero-order valence-corrected chi connectivity index (χ0v) is 10.6. The Morgan fingerprint density at radius 2 is 1.87 bits per heavy atom. The van der Waals surface area contributed by atoms with E-state index in [4.69, 9.17) is 4.74 Å². The van der Waals surface area contributed by atoms with Gasteiger partial charge in [0.05, 0.1) is 12.4 Å². The van der Waals surface area contributed by atoms with Gasteiger partial charge in [-0.3, -0.25) is 0 Å². The molecule has 0 amide bonds. The van der Waals surface area contributed by atoms with E-state index in [0.717, 1.165) is 19.5 Å². The molecule has 0 rings (SSSR count). The molecule has 0 fully saturated rings. The Labute approximate surface area is 93.3 Å². The second kappa shape index (κ2) is 9.12. The summed E-state index contributed by atoms with van der Waals surface area (Å²) in [6.07, 6.45) is 1.72. The monoisotopic (exact) mass is 237 g/mol. The SMILES string of the molecule is CCCNCCOCCCS(=O)(=O)CC. The predicted octanol–water partition coefficient (Wildman–Crippen LogP) is 0.827. The van der Waals surface area contributed by atoms with Gasteiger partial charge < -0.3 is 10.1 Å². The van der Waals surface area contributed by atoms with Crippen molar-refractivity contribution in [3.63, 3.8) is 0 Å². The first-order valence-electron chi connectivity index (χ1n) is 5.61. The first-order chi connectivity index (χ1) is 7.12. The maximum Gasteiger partial charge on any atom is 0.150 e. The van der Waals surface area contributed by atoms with Crippen molar-refractivity contribution in [1.29, 1.82) is 0 Å². The first kappa shape index (κ1) is 14.9. The summed E-state index contributed by atoms with van der Waals surface area (Å²) in [4.78, 5) is 0. The van der Waals surface area contributed by atoms with E-state index in [0.29, 0.717) is 19.6 Å². The summed E-state index contributed by atoms with van der Waals surface area (Å²) in [6.45, 7) is 6.83. The molecule has 0 aromatic rings. The molecule has 0 aliphatic rings. The summed E-state index contributed by atoms with van der Waals surface area (Å²) < 4.78 is 27.5. The van der Waals surface area contributed by atoms with Crippen LogP contribution in [-0.2, 0) is 14.6 Å². The average Bonchev–Trinajstić information content (AvgIpc) is 2.22. The summed E-state index contributed by atoms with van der Waals surface area (Å²) in [5.74, 6) is 0.469. The van der Waals surface area contributed by atoms with Crippen LogP contribution in [0.3, 0.4) is 0 Å². The van der Waals surface area contributed by atoms with Crippen molar-refractivity contribution in [1.82, 2.24) is 5.32 Å². The third-order valence-electron chi connectivity index (χ3n) is 2.03. The lowest BCUT2D eigenvalue weighted by Gasteiger charge is -2.05. The Balaban J connectivity index is 3.19.